The van der Waals surface area contributed by atoms with Crippen molar-refractivity contribution in [1.29, 1.82) is 0 Å². The van der Waals surface area contributed by atoms with E-state index in [1.807, 2.05) is 0 Å². The van der Waals surface area contributed by atoms with Crippen LogP contribution in [0.5, 0.6) is 5.75 Å². The maximum absolute atomic E-state index is 11.9. The molecule has 0 atom stereocenters. The highest BCUT2D eigenvalue weighted by molar-refractivity contribution is 6.32. The van der Waals surface area contributed by atoms with Crippen molar-refractivity contribution < 1.29 is 14.3 Å². The van der Waals surface area contributed by atoms with Crippen LogP contribution in [0.15, 0.2) is 18.2 Å². The Labute approximate surface area is 118 Å². The molecule has 1 fully saturated rings. The van der Waals surface area contributed by atoms with Crippen LogP contribution < -0.4 is 10.1 Å². The lowest BCUT2D eigenvalue weighted by Crippen LogP contribution is -2.25. The molecule has 5 heteroatoms. The third kappa shape index (κ3) is 4.40. The number of carbonyl (C=O) groups is 1. The maximum Gasteiger partial charge on any atom is 0.251 e. The van der Waals surface area contributed by atoms with Gasteiger partial charge in [0.25, 0.3) is 5.91 Å². The van der Waals surface area contributed by atoms with Gasteiger partial charge in [-0.3, -0.25) is 4.79 Å². The summed E-state index contributed by atoms with van der Waals surface area (Å²) in [6.45, 7) is 1.15. The molecule has 0 bridgehead atoms. The molecule has 0 saturated heterocycles. The highest BCUT2D eigenvalue weighted by Crippen LogP contribution is 2.26. The Hall–Kier alpha value is -1.26. The van der Waals surface area contributed by atoms with Gasteiger partial charge in [0.2, 0.25) is 0 Å². The second-order valence-electron chi connectivity index (χ2n) is 4.59. The van der Waals surface area contributed by atoms with E-state index in [-0.39, 0.29) is 5.91 Å². The smallest absolute Gasteiger partial charge is 0.251 e. The minimum Gasteiger partial charge on any atom is -0.492 e. The second kappa shape index (κ2) is 6.78. The van der Waals surface area contributed by atoms with Crippen LogP contribution in [0.1, 0.15) is 29.6 Å². The summed E-state index contributed by atoms with van der Waals surface area (Å²) in [4.78, 5) is 11.9. The minimum atomic E-state index is -0.0686. The van der Waals surface area contributed by atoms with E-state index in [9.17, 15) is 4.79 Å². The van der Waals surface area contributed by atoms with Gasteiger partial charge in [0, 0.05) is 31.7 Å². The van der Waals surface area contributed by atoms with Gasteiger partial charge in [-0.15, -0.1) is 0 Å². The zero-order valence-corrected chi connectivity index (χ0v) is 11.7. The largest absolute Gasteiger partial charge is 0.492 e. The van der Waals surface area contributed by atoms with Gasteiger partial charge in [0.15, 0.2) is 0 Å². The first-order valence-electron chi connectivity index (χ1n) is 6.43. The van der Waals surface area contributed by atoms with Crippen molar-refractivity contribution >= 4 is 17.5 Å². The van der Waals surface area contributed by atoms with Gasteiger partial charge in [-0.1, -0.05) is 11.6 Å². The van der Waals surface area contributed by atoms with Gasteiger partial charge in [-0.05, 0) is 31.0 Å². The van der Waals surface area contributed by atoms with Crippen molar-refractivity contribution in [3.05, 3.63) is 28.8 Å². The van der Waals surface area contributed by atoms with E-state index in [0.717, 1.165) is 19.3 Å². The normalized spacial score (nSPS) is 14.2. The predicted molar refractivity (Wildman–Crippen MR) is 73.9 cm³/mol. The Morgan fingerprint density at radius 3 is 2.89 bits per heavy atom. The molecule has 1 aliphatic carbocycles. The van der Waals surface area contributed by atoms with Crippen LogP contribution in [-0.2, 0) is 4.74 Å². The average molecular weight is 284 g/mol. The monoisotopic (exact) mass is 283 g/mol. The van der Waals surface area contributed by atoms with Crippen molar-refractivity contribution in [2.45, 2.75) is 25.3 Å². The molecule has 1 aromatic carbocycles. The summed E-state index contributed by atoms with van der Waals surface area (Å²) in [5.41, 5.74) is 0.582. The van der Waals surface area contributed by atoms with Crippen molar-refractivity contribution in [3.63, 3.8) is 0 Å². The first-order chi connectivity index (χ1) is 9.20. The third-order valence-corrected chi connectivity index (χ3v) is 3.17. The van der Waals surface area contributed by atoms with Gasteiger partial charge in [-0.2, -0.15) is 0 Å². The Bertz CT molecular complexity index is 446. The fourth-order valence-electron chi connectivity index (χ4n) is 1.64. The molecule has 104 valence electrons. The lowest BCUT2D eigenvalue weighted by Gasteiger charge is -2.10. The summed E-state index contributed by atoms with van der Waals surface area (Å²) in [5.74, 6) is 0.474. The Morgan fingerprint density at radius 1 is 1.42 bits per heavy atom. The van der Waals surface area contributed by atoms with Crippen LogP contribution in [0.3, 0.4) is 0 Å². The fourth-order valence-corrected chi connectivity index (χ4v) is 1.81. The molecule has 1 amide bonds. The molecule has 0 unspecified atom stereocenters. The predicted octanol–water partition coefficient (Wildman–Crippen LogP) is 2.65. The molecule has 0 aromatic heterocycles. The van der Waals surface area contributed by atoms with Crippen molar-refractivity contribution in [1.82, 2.24) is 5.32 Å². The number of nitrogens with one attached hydrogen (secondary N) is 1. The van der Waals surface area contributed by atoms with E-state index in [1.54, 1.807) is 25.3 Å². The summed E-state index contributed by atoms with van der Waals surface area (Å²) in [5, 5.41) is 3.45. The first kappa shape index (κ1) is 14.2. The molecule has 1 aliphatic rings. The maximum atomic E-state index is 11.9. The summed E-state index contributed by atoms with van der Waals surface area (Å²) in [6.07, 6.45) is 2.92. The third-order valence-electron chi connectivity index (χ3n) is 2.86. The van der Waals surface area contributed by atoms with E-state index in [1.165, 1.54) is 0 Å². The Morgan fingerprint density at radius 2 is 2.21 bits per heavy atom. The lowest BCUT2D eigenvalue weighted by molar-refractivity contribution is 0.0950. The zero-order valence-electron chi connectivity index (χ0n) is 10.9. The number of amides is 1. The van der Waals surface area contributed by atoms with E-state index in [0.29, 0.717) is 35.6 Å². The number of benzene rings is 1. The van der Waals surface area contributed by atoms with Crippen LogP contribution in [0.2, 0.25) is 5.02 Å². The highest BCUT2D eigenvalue weighted by atomic mass is 35.5. The number of rotatable bonds is 7. The molecule has 0 heterocycles. The number of halogens is 1. The second-order valence-corrected chi connectivity index (χ2v) is 4.99. The van der Waals surface area contributed by atoms with Crippen LogP contribution in [0, 0.1) is 0 Å². The first-order valence-corrected chi connectivity index (χ1v) is 6.80. The molecular weight excluding hydrogens is 266 g/mol. The quantitative estimate of drug-likeness (QED) is 0.783. The number of methoxy groups -OCH3 is 1. The number of ether oxygens (including phenoxy) is 2. The summed E-state index contributed by atoms with van der Waals surface area (Å²) in [6, 6.07) is 5.43. The molecule has 0 radical (unpaired) electrons. The van der Waals surface area contributed by atoms with Crippen molar-refractivity contribution in [3.8, 4) is 5.75 Å². The van der Waals surface area contributed by atoms with Gasteiger partial charge in [0.05, 0.1) is 11.6 Å². The zero-order chi connectivity index (χ0) is 13.7. The topological polar surface area (TPSA) is 47.6 Å². The molecule has 0 spiro atoms. The SMILES string of the molecule is COCCCOc1cc(C(=O)NC2CC2)ccc1Cl. The molecule has 2 rings (SSSR count). The molecule has 0 aliphatic heterocycles. The van der Waals surface area contributed by atoms with Gasteiger partial charge < -0.3 is 14.8 Å². The van der Waals surface area contributed by atoms with Gasteiger partial charge >= 0.3 is 0 Å². The number of carbonyl (C=O) groups excluding carboxylic acids is 1. The van der Waals surface area contributed by atoms with E-state index in [2.05, 4.69) is 5.32 Å². The fraction of sp³-hybridized carbons (Fsp3) is 0.500. The average Bonchev–Trinajstić information content (AvgIpc) is 3.20. The minimum absolute atomic E-state index is 0.0686. The summed E-state index contributed by atoms with van der Waals surface area (Å²) in [7, 11) is 1.65. The van der Waals surface area contributed by atoms with Gasteiger partial charge in [0.1, 0.15) is 5.75 Å². The van der Waals surface area contributed by atoms with Crippen molar-refractivity contribution in [2.24, 2.45) is 0 Å². The summed E-state index contributed by atoms with van der Waals surface area (Å²) >= 11 is 6.04. The lowest BCUT2D eigenvalue weighted by atomic mass is 10.2. The van der Waals surface area contributed by atoms with Crippen molar-refractivity contribution in [2.75, 3.05) is 20.3 Å². The van der Waals surface area contributed by atoms with Crippen LogP contribution in [0.25, 0.3) is 0 Å². The molecule has 19 heavy (non-hydrogen) atoms. The molecular formula is C14H18ClNO3. The van der Waals surface area contributed by atoms with E-state index in [4.69, 9.17) is 21.1 Å². The number of hydrogen-bond donors (Lipinski definition) is 1. The molecule has 1 aromatic rings. The number of hydrogen-bond acceptors (Lipinski definition) is 3. The Balaban J connectivity index is 1.95. The standard InChI is InChI=1S/C14H18ClNO3/c1-18-7-2-8-19-13-9-10(3-6-12(13)15)14(17)16-11-4-5-11/h3,6,9,11H,2,4-5,7-8H2,1H3,(H,16,17). The van der Waals surface area contributed by atoms with E-state index >= 15 is 0 Å². The molecule has 1 saturated carbocycles. The Kier molecular flexibility index (Phi) is 5.05. The van der Waals surface area contributed by atoms with Gasteiger partial charge in [-0.25, -0.2) is 0 Å². The van der Waals surface area contributed by atoms with E-state index < -0.39 is 0 Å². The molecule has 1 N–H and O–H groups in total. The highest BCUT2D eigenvalue weighted by Gasteiger charge is 2.24. The summed E-state index contributed by atoms with van der Waals surface area (Å²) < 4.78 is 10.5. The van der Waals surface area contributed by atoms with Crippen LogP contribution in [-0.4, -0.2) is 32.3 Å². The van der Waals surface area contributed by atoms with Crippen LogP contribution >= 0.6 is 11.6 Å². The molecule has 4 nitrogen and oxygen atoms in total. The van der Waals surface area contributed by atoms with Crippen LogP contribution in [0.4, 0.5) is 0 Å².